The van der Waals surface area contributed by atoms with Gasteiger partial charge in [-0.05, 0) is 67.7 Å². The van der Waals surface area contributed by atoms with E-state index in [4.69, 9.17) is 4.74 Å². The predicted molar refractivity (Wildman–Crippen MR) is 210 cm³/mol. The molecule has 2 amide bonds. The molecular weight excluding hydrogens is 693 g/mol. The zero-order valence-electron chi connectivity index (χ0n) is 30.9. The largest absolute Gasteiger partial charge is 0.392 e. The first-order valence-corrected chi connectivity index (χ1v) is 18.7. The lowest BCUT2D eigenvalue weighted by atomic mass is 9.95. The molecule has 4 N–H and O–H groups in total. The van der Waals surface area contributed by atoms with E-state index in [1.54, 1.807) is 31.4 Å². The Morgan fingerprint density at radius 3 is 2.55 bits per heavy atom. The van der Waals surface area contributed by atoms with E-state index in [9.17, 15) is 19.5 Å². The Morgan fingerprint density at radius 1 is 1.09 bits per heavy atom. The summed E-state index contributed by atoms with van der Waals surface area (Å²) >= 11 is 1.41. The number of nitrogens with one attached hydrogen (secondary N) is 3. The van der Waals surface area contributed by atoms with Crippen LogP contribution in [0.2, 0.25) is 0 Å². The molecule has 6 rings (SSSR count). The smallest absolute Gasteiger partial charge is 0.293 e. The second-order valence-corrected chi connectivity index (χ2v) is 15.6. The van der Waals surface area contributed by atoms with Crippen molar-refractivity contribution in [3.8, 4) is 11.3 Å². The molecule has 0 saturated carbocycles. The number of aliphatic hydroxyl groups is 1. The van der Waals surface area contributed by atoms with Crippen LogP contribution in [0.15, 0.2) is 66.2 Å². The minimum Gasteiger partial charge on any atom is -0.392 e. The number of pyridine rings is 1. The molecule has 0 spiro atoms. The molecule has 0 radical (unpaired) electrons. The first-order valence-electron chi connectivity index (χ1n) is 17.9. The molecule has 3 aromatic heterocycles. The number of nitrogens with zero attached hydrogens (tertiary/aromatic N) is 5. The number of carbonyl (C=O) groups excluding carboxylic acids is 2. The van der Waals surface area contributed by atoms with Gasteiger partial charge in [0.15, 0.2) is 5.82 Å². The number of ether oxygens (including phenoxy) is 1. The van der Waals surface area contributed by atoms with Crippen molar-refractivity contribution in [2.24, 2.45) is 7.05 Å². The van der Waals surface area contributed by atoms with Crippen molar-refractivity contribution >= 4 is 51.8 Å². The van der Waals surface area contributed by atoms with Crippen molar-refractivity contribution in [3.63, 3.8) is 0 Å². The number of anilines is 5. The number of carbonyl (C=O) groups is 2. The van der Waals surface area contributed by atoms with Crippen LogP contribution in [0.5, 0.6) is 0 Å². The lowest BCUT2D eigenvalue weighted by molar-refractivity contribution is -0.111. The highest BCUT2D eigenvalue weighted by Gasteiger charge is 2.31. The number of aromatic nitrogens is 3. The molecule has 0 bridgehead atoms. The van der Waals surface area contributed by atoms with Gasteiger partial charge in [0, 0.05) is 86.1 Å². The summed E-state index contributed by atoms with van der Waals surface area (Å²) in [6.45, 7) is 15.8. The van der Waals surface area contributed by atoms with Crippen molar-refractivity contribution < 1.29 is 19.4 Å². The van der Waals surface area contributed by atoms with E-state index in [0.717, 1.165) is 56.3 Å². The Kier molecular flexibility index (Phi) is 11.4. The molecule has 1 aromatic carbocycles. The highest BCUT2D eigenvalue weighted by molar-refractivity contribution is 7.14. The molecule has 53 heavy (non-hydrogen) atoms. The van der Waals surface area contributed by atoms with Crippen molar-refractivity contribution in [3.05, 3.63) is 87.1 Å². The fourth-order valence-electron chi connectivity index (χ4n) is 6.86. The van der Waals surface area contributed by atoms with Gasteiger partial charge in [0.05, 0.1) is 28.6 Å². The van der Waals surface area contributed by atoms with Crippen LogP contribution < -0.4 is 26.4 Å². The summed E-state index contributed by atoms with van der Waals surface area (Å²) in [5.74, 6) is -0.443. The predicted octanol–water partition coefficient (Wildman–Crippen LogP) is 5.50. The second kappa shape index (κ2) is 16.0. The maximum Gasteiger partial charge on any atom is 0.293 e. The summed E-state index contributed by atoms with van der Waals surface area (Å²) in [4.78, 5) is 54.7. The Bertz CT molecular complexity index is 2050. The number of hydrogen-bond donors (Lipinski definition) is 4. The summed E-state index contributed by atoms with van der Waals surface area (Å²) in [5, 5.41) is 19.5. The highest BCUT2D eigenvalue weighted by Crippen LogP contribution is 2.35. The standard InChI is InChI=1S/C39H48N8O5S/c1-7-34(49)42-29-20-25(8-9-31(29)47-17-16-46(21-24(47)2)26-13-18-52-19-14-26)41-36-38(51)45(6)22-30(43-36)27-12-15-40-35(28(27)23-48)44-37(50)32-10-11-33(53-32)39(3,4)5/h7-12,15,20,22,24,26,48H,1,13-14,16-19,21,23H2,2-6H3,(H,41,43)(H,42,49)(H,40,44,50)/t24-/m0/s1. The van der Waals surface area contributed by atoms with Crippen LogP contribution in [0.1, 0.15) is 60.6 Å². The number of aliphatic hydroxyl groups excluding tert-OH is 1. The fourth-order valence-corrected chi connectivity index (χ4v) is 7.82. The van der Waals surface area contributed by atoms with E-state index < -0.39 is 6.61 Å². The van der Waals surface area contributed by atoms with Gasteiger partial charge >= 0.3 is 0 Å². The van der Waals surface area contributed by atoms with Gasteiger partial charge in [-0.3, -0.25) is 19.3 Å². The molecule has 2 fully saturated rings. The van der Waals surface area contributed by atoms with E-state index in [0.29, 0.717) is 39.1 Å². The average Bonchev–Trinajstić information content (AvgIpc) is 3.66. The summed E-state index contributed by atoms with van der Waals surface area (Å²) in [6.07, 6.45) is 6.40. The number of aryl methyl sites for hydroxylation is 1. The summed E-state index contributed by atoms with van der Waals surface area (Å²) in [7, 11) is 1.62. The molecule has 2 aliphatic heterocycles. The van der Waals surface area contributed by atoms with Gasteiger partial charge < -0.3 is 35.3 Å². The number of rotatable bonds is 10. The van der Waals surface area contributed by atoms with Gasteiger partial charge in [0.1, 0.15) is 5.82 Å². The minimum absolute atomic E-state index is 0.0387. The van der Waals surface area contributed by atoms with Gasteiger partial charge in [0.25, 0.3) is 11.5 Å². The maximum atomic E-state index is 13.4. The molecule has 2 aliphatic rings. The van der Waals surface area contributed by atoms with E-state index in [1.807, 2.05) is 18.2 Å². The number of benzene rings is 1. The van der Waals surface area contributed by atoms with E-state index in [-0.39, 0.29) is 40.5 Å². The highest BCUT2D eigenvalue weighted by atomic mass is 32.1. The van der Waals surface area contributed by atoms with E-state index in [1.165, 1.54) is 28.2 Å². The van der Waals surface area contributed by atoms with Gasteiger partial charge in [-0.2, -0.15) is 0 Å². The normalized spacial score (nSPS) is 17.0. The van der Waals surface area contributed by atoms with Crippen LogP contribution in [-0.4, -0.2) is 81.3 Å². The summed E-state index contributed by atoms with van der Waals surface area (Å²) in [5.41, 5.74) is 2.76. The van der Waals surface area contributed by atoms with Crippen LogP contribution >= 0.6 is 11.3 Å². The van der Waals surface area contributed by atoms with Crippen LogP contribution in [0.3, 0.4) is 0 Å². The second-order valence-electron chi connectivity index (χ2n) is 14.5. The zero-order valence-corrected chi connectivity index (χ0v) is 31.8. The molecule has 4 aromatic rings. The van der Waals surface area contributed by atoms with E-state index >= 15 is 0 Å². The molecule has 1 atom stereocenters. The Labute approximate surface area is 313 Å². The summed E-state index contributed by atoms with van der Waals surface area (Å²) < 4.78 is 6.98. The molecule has 0 aliphatic carbocycles. The fraction of sp³-hybridized carbons (Fsp3) is 0.410. The first kappa shape index (κ1) is 37.9. The molecule has 280 valence electrons. The average molecular weight is 741 g/mol. The minimum atomic E-state index is -0.431. The van der Waals surface area contributed by atoms with Gasteiger partial charge in [0.2, 0.25) is 5.91 Å². The number of piperazine rings is 1. The molecule has 5 heterocycles. The lowest BCUT2D eigenvalue weighted by Gasteiger charge is -2.45. The molecule has 14 heteroatoms. The Hall–Kier alpha value is -4.89. The third kappa shape index (κ3) is 8.51. The maximum absolute atomic E-state index is 13.4. The van der Waals surface area contributed by atoms with Crippen LogP contribution in [-0.2, 0) is 28.6 Å². The quantitative estimate of drug-likeness (QED) is 0.153. The van der Waals surface area contributed by atoms with Crippen LogP contribution in [0.4, 0.5) is 28.7 Å². The number of thiophene rings is 1. The zero-order chi connectivity index (χ0) is 37.9. The van der Waals surface area contributed by atoms with Crippen LogP contribution in [0.25, 0.3) is 11.3 Å². The monoisotopic (exact) mass is 740 g/mol. The van der Waals surface area contributed by atoms with Crippen molar-refractivity contribution in [2.45, 2.75) is 64.6 Å². The topological polar surface area (TPSA) is 154 Å². The third-order valence-electron chi connectivity index (χ3n) is 9.74. The molecule has 2 saturated heterocycles. The summed E-state index contributed by atoms with van der Waals surface area (Å²) in [6, 6.07) is 11.7. The van der Waals surface area contributed by atoms with Crippen molar-refractivity contribution in [1.29, 1.82) is 0 Å². The van der Waals surface area contributed by atoms with Gasteiger partial charge in [-0.1, -0.05) is 27.4 Å². The number of hydrogen-bond acceptors (Lipinski definition) is 11. The lowest BCUT2D eigenvalue weighted by Crippen LogP contribution is -2.56. The Morgan fingerprint density at radius 2 is 1.87 bits per heavy atom. The van der Waals surface area contributed by atoms with Gasteiger partial charge in [-0.25, -0.2) is 9.97 Å². The first-order chi connectivity index (χ1) is 25.4. The van der Waals surface area contributed by atoms with Crippen molar-refractivity contribution in [1.82, 2.24) is 19.4 Å². The third-order valence-corrected chi connectivity index (χ3v) is 11.2. The molecule has 0 unspecified atom stereocenters. The number of amides is 2. The van der Waals surface area contributed by atoms with Crippen LogP contribution in [0, 0.1) is 0 Å². The molecule has 13 nitrogen and oxygen atoms in total. The Balaban J connectivity index is 1.26. The van der Waals surface area contributed by atoms with E-state index in [2.05, 4.69) is 70.0 Å². The van der Waals surface area contributed by atoms with Gasteiger partial charge in [-0.15, -0.1) is 11.3 Å². The molecular formula is C39H48N8O5S. The van der Waals surface area contributed by atoms with Crippen molar-refractivity contribution in [2.75, 3.05) is 53.7 Å². The SMILES string of the molecule is C=CC(=O)Nc1cc(Nc2nc(-c3ccnc(NC(=O)c4ccc(C(C)(C)C)s4)c3CO)cn(C)c2=O)ccc1N1CCN(C2CCOCC2)C[C@@H]1C.